The van der Waals surface area contributed by atoms with Crippen LogP contribution in [0.4, 0.5) is 0 Å². The van der Waals surface area contributed by atoms with Crippen LogP contribution in [0.3, 0.4) is 0 Å². The maximum Gasteiger partial charge on any atom is 0.107 e. The van der Waals surface area contributed by atoms with Crippen molar-refractivity contribution in [3.63, 3.8) is 0 Å². The van der Waals surface area contributed by atoms with Crippen LogP contribution in [-0.2, 0) is 0 Å². The molecule has 0 aromatic carbocycles. The van der Waals surface area contributed by atoms with Gasteiger partial charge in [0, 0.05) is 12.5 Å². The van der Waals surface area contributed by atoms with Crippen molar-refractivity contribution < 1.29 is 9.52 Å². The van der Waals surface area contributed by atoms with E-state index in [-0.39, 0.29) is 6.61 Å². The average Bonchev–Trinajstić information content (AvgIpc) is 2.36. The van der Waals surface area contributed by atoms with Gasteiger partial charge >= 0.3 is 0 Å². The molecule has 0 bridgehead atoms. The summed E-state index contributed by atoms with van der Waals surface area (Å²) in [5.41, 5.74) is 0. The minimum atomic E-state index is 0.223. The van der Waals surface area contributed by atoms with Gasteiger partial charge in [0.05, 0.1) is 0 Å². The van der Waals surface area contributed by atoms with Crippen molar-refractivity contribution in [2.45, 2.75) is 26.2 Å². The van der Waals surface area contributed by atoms with Crippen molar-refractivity contribution in [1.82, 2.24) is 0 Å². The van der Waals surface area contributed by atoms with Gasteiger partial charge in [0.15, 0.2) is 0 Å². The molecule has 0 spiro atoms. The zero-order chi connectivity index (χ0) is 8.27. The lowest BCUT2D eigenvalue weighted by Gasteiger charge is -2.04. The lowest BCUT2D eigenvalue weighted by atomic mass is 10.1. The standard InChI is InChI=1S/C9H14O2/c1-7(5-6-10)9-4-3-8(2)11-9/h3-4,7,10H,5-6H2,1-2H3. The Labute approximate surface area is 66.8 Å². The largest absolute Gasteiger partial charge is 0.466 e. The minimum Gasteiger partial charge on any atom is -0.466 e. The summed E-state index contributed by atoms with van der Waals surface area (Å²) >= 11 is 0. The molecular weight excluding hydrogens is 140 g/mol. The van der Waals surface area contributed by atoms with E-state index in [9.17, 15) is 0 Å². The van der Waals surface area contributed by atoms with Gasteiger partial charge < -0.3 is 9.52 Å². The second kappa shape index (κ2) is 3.58. The third-order valence-electron chi connectivity index (χ3n) is 1.81. The van der Waals surface area contributed by atoms with E-state index in [1.165, 1.54) is 0 Å². The number of aliphatic hydroxyl groups excluding tert-OH is 1. The molecule has 2 nitrogen and oxygen atoms in total. The molecule has 0 fully saturated rings. The Kier molecular flexibility index (Phi) is 2.71. The van der Waals surface area contributed by atoms with Gasteiger partial charge in [-0.05, 0) is 25.5 Å². The van der Waals surface area contributed by atoms with Gasteiger partial charge in [-0.25, -0.2) is 0 Å². The highest BCUT2D eigenvalue weighted by atomic mass is 16.3. The van der Waals surface area contributed by atoms with Crippen LogP contribution < -0.4 is 0 Å². The molecule has 11 heavy (non-hydrogen) atoms. The predicted octanol–water partition coefficient (Wildman–Crippen LogP) is 2.07. The van der Waals surface area contributed by atoms with Crippen LogP contribution in [0.1, 0.15) is 30.8 Å². The first-order valence-corrected chi connectivity index (χ1v) is 3.91. The topological polar surface area (TPSA) is 33.4 Å². The fraction of sp³-hybridized carbons (Fsp3) is 0.556. The number of hydrogen-bond acceptors (Lipinski definition) is 2. The van der Waals surface area contributed by atoms with E-state index in [0.29, 0.717) is 5.92 Å². The SMILES string of the molecule is Cc1ccc(C(C)CCO)o1. The number of aryl methyl sites for hydroxylation is 1. The summed E-state index contributed by atoms with van der Waals surface area (Å²) in [7, 11) is 0. The summed E-state index contributed by atoms with van der Waals surface area (Å²) in [5.74, 6) is 2.23. The molecule has 0 saturated heterocycles. The Morgan fingerprint density at radius 1 is 1.55 bits per heavy atom. The van der Waals surface area contributed by atoms with Gasteiger partial charge in [0.2, 0.25) is 0 Å². The summed E-state index contributed by atoms with van der Waals surface area (Å²) in [6.45, 7) is 4.20. The summed E-state index contributed by atoms with van der Waals surface area (Å²) in [6, 6.07) is 3.92. The Morgan fingerprint density at radius 2 is 2.27 bits per heavy atom. The first-order valence-electron chi connectivity index (χ1n) is 3.91. The Hall–Kier alpha value is -0.760. The van der Waals surface area contributed by atoms with Crippen molar-refractivity contribution in [2.75, 3.05) is 6.61 Å². The number of rotatable bonds is 3. The molecule has 1 N–H and O–H groups in total. The molecule has 0 amide bonds. The molecule has 1 atom stereocenters. The molecule has 0 saturated carbocycles. The van der Waals surface area contributed by atoms with E-state index in [1.807, 2.05) is 19.1 Å². The first-order chi connectivity index (χ1) is 5.24. The molecule has 1 rings (SSSR count). The van der Waals surface area contributed by atoms with Crippen molar-refractivity contribution in [3.05, 3.63) is 23.7 Å². The van der Waals surface area contributed by atoms with Gasteiger partial charge in [-0.3, -0.25) is 0 Å². The Bertz CT molecular complexity index is 215. The molecule has 2 heteroatoms. The number of hydrogen-bond donors (Lipinski definition) is 1. The minimum absolute atomic E-state index is 0.223. The molecule has 0 aliphatic heterocycles. The second-order valence-electron chi connectivity index (χ2n) is 2.86. The van der Waals surface area contributed by atoms with Crippen LogP contribution in [0.2, 0.25) is 0 Å². The molecule has 1 heterocycles. The monoisotopic (exact) mass is 154 g/mol. The van der Waals surface area contributed by atoms with Crippen LogP contribution in [0.15, 0.2) is 16.5 Å². The summed E-state index contributed by atoms with van der Waals surface area (Å²) in [4.78, 5) is 0. The zero-order valence-corrected chi connectivity index (χ0v) is 7.00. The normalized spacial score (nSPS) is 13.4. The lowest BCUT2D eigenvalue weighted by Crippen LogP contribution is -1.94. The fourth-order valence-corrected chi connectivity index (χ4v) is 1.05. The van der Waals surface area contributed by atoms with Gasteiger partial charge in [0.25, 0.3) is 0 Å². The quantitative estimate of drug-likeness (QED) is 0.723. The van der Waals surface area contributed by atoms with Gasteiger partial charge in [0.1, 0.15) is 11.5 Å². The van der Waals surface area contributed by atoms with E-state index >= 15 is 0 Å². The van der Waals surface area contributed by atoms with Crippen LogP contribution in [-0.4, -0.2) is 11.7 Å². The van der Waals surface area contributed by atoms with E-state index in [4.69, 9.17) is 9.52 Å². The van der Waals surface area contributed by atoms with Crippen LogP contribution in [0.5, 0.6) is 0 Å². The van der Waals surface area contributed by atoms with Gasteiger partial charge in [-0.1, -0.05) is 6.92 Å². The van der Waals surface area contributed by atoms with Crippen LogP contribution in [0, 0.1) is 6.92 Å². The van der Waals surface area contributed by atoms with E-state index in [1.54, 1.807) is 0 Å². The van der Waals surface area contributed by atoms with Crippen molar-refractivity contribution in [2.24, 2.45) is 0 Å². The van der Waals surface area contributed by atoms with Crippen molar-refractivity contribution in [1.29, 1.82) is 0 Å². The predicted molar refractivity (Wildman–Crippen MR) is 43.6 cm³/mol. The molecule has 0 aliphatic carbocycles. The maximum absolute atomic E-state index is 8.66. The Morgan fingerprint density at radius 3 is 2.73 bits per heavy atom. The molecular formula is C9H14O2. The van der Waals surface area contributed by atoms with Gasteiger partial charge in [-0.15, -0.1) is 0 Å². The lowest BCUT2D eigenvalue weighted by molar-refractivity contribution is 0.271. The molecule has 1 aromatic heterocycles. The first kappa shape index (κ1) is 8.34. The highest BCUT2D eigenvalue weighted by molar-refractivity contribution is 5.09. The third kappa shape index (κ3) is 2.09. The third-order valence-corrected chi connectivity index (χ3v) is 1.81. The van der Waals surface area contributed by atoms with Crippen LogP contribution >= 0.6 is 0 Å². The van der Waals surface area contributed by atoms with E-state index in [2.05, 4.69) is 6.92 Å². The molecule has 62 valence electrons. The summed E-state index contributed by atoms with van der Waals surface area (Å²) in [5, 5.41) is 8.66. The van der Waals surface area contributed by atoms with Gasteiger partial charge in [-0.2, -0.15) is 0 Å². The van der Waals surface area contributed by atoms with Crippen LogP contribution in [0.25, 0.3) is 0 Å². The highest BCUT2D eigenvalue weighted by Crippen LogP contribution is 2.20. The Balaban J connectivity index is 2.60. The smallest absolute Gasteiger partial charge is 0.107 e. The molecule has 1 aromatic rings. The number of aliphatic hydroxyl groups is 1. The summed E-state index contributed by atoms with van der Waals surface area (Å²) in [6.07, 6.45) is 0.771. The fourth-order valence-electron chi connectivity index (χ4n) is 1.05. The highest BCUT2D eigenvalue weighted by Gasteiger charge is 2.07. The van der Waals surface area contributed by atoms with E-state index in [0.717, 1.165) is 17.9 Å². The summed E-state index contributed by atoms with van der Waals surface area (Å²) < 4.78 is 5.39. The maximum atomic E-state index is 8.66. The average molecular weight is 154 g/mol. The zero-order valence-electron chi connectivity index (χ0n) is 7.00. The van der Waals surface area contributed by atoms with Crippen molar-refractivity contribution >= 4 is 0 Å². The number of furan rings is 1. The molecule has 1 unspecified atom stereocenters. The van der Waals surface area contributed by atoms with E-state index < -0.39 is 0 Å². The molecule has 0 aliphatic rings. The van der Waals surface area contributed by atoms with Crippen molar-refractivity contribution in [3.8, 4) is 0 Å². The second-order valence-corrected chi connectivity index (χ2v) is 2.86. The molecule has 0 radical (unpaired) electrons.